The lowest BCUT2D eigenvalue weighted by Gasteiger charge is -2.17. The minimum atomic E-state index is -0.235. The molecule has 0 unspecified atom stereocenters. The second-order valence-corrected chi connectivity index (χ2v) is 6.14. The Bertz CT molecular complexity index is 882. The number of carbonyl (C=O) groups is 1. The molecule has 25 heavy (non-hydrogen) atoms. The van der Waals surface area contributed by atoms with Gasteiger partial charge >= 0.3 is 0 Å². The highest BCUT2D eigenvalue weighted by Crippen LogP contribution is 2.25. The number of hydrogen-bond acceptors (Lipinski definition) is 4. The Labute approximate surface area is 155 Å². The summed E-state index contributed by atoms with van der Waals surface area (Å²) in [7, 11) is 1.70. The fourth-order valence-corrected chi connectivity index (χ4v) is 2.78. The minimum Gasteiger partial charge on any atom is -0.340 e. The van der Waals surface area contributed by atoms with Crippen LogP contribution in [0.1, 0.15) is 10.5 Å². The molecule has 1 aromatic heterocycles. The summed E-state index contributed by atoms with van der Waals surface area (Å²) >= 11 is 12.0. The molecule has 1 amide bonds. The Morgan fingerprint density at radius 2 is 1.68 bits per heavy atom. The fourth-order valence-electron chi connectivity index (χ4n) is 2.26. The molecule has 2 aromatic carbocycles. The lowest BCUT2D eigenvalue weighted by molar-refractivity contribution is 0.0988. The van der Waals surface area contributed by atoms with Gasteiger partial charge in [0.1, 0.15) is 17.8 Å². The van der Waals surface area contributed by atoms with E-state index in [1.54, 1.807) is 31.3 Å². The Hall–Kier alpha value is -2.63. The number of nitrogens with one attached hydrogen (secondary N) is 1. The van der Waals surface area contributed by atoms with Gasteiger partial charge in [0.05, 0.1) is 0 Å². The van der Waals surface area contributed by atoms with Crippen molar-refractivity contribution < 1.29 is 4.79 Å². The molecule has 0 radical (unpaired) electrons. The van der Waals surface area contributed by atoms with Gasteiger partial charge in [0.25, 0.3) is 5.91 Å². The largest absolute Gasteiger partial charge is 0.340 e. The zero-order chi connectivity index (χ0) is 17.8. The van der Waals surface area contributed by atoms with Crippen molar-refractivity contribution in [3.05, 3.63) is 76.7 Å². The van der Waals surface area contributed by atoms with Crippen LogP contribution in [0.15, 0.2) is 60.9 Å². The fraction of sp³-hybridized carbons (Fsp3) is 0.0556. The van der Waals surface area contributed by atoms with Crippen molar-refractivity contribution >= 4 is 46.3 Å². The van der Waals surface area contributed by atoms with E-state index in [0.717, 1.165) is 5.69 Å². The molecule has 0 fully saturated rings. The lowest BCUT2D eigenvalue weighted by Crippen LogP contribution is -2.27. The third kappa shape index (κ3) is 4.26. The molecule has 0 saturated heterocycles. The van der Waals surface area contributed by atoms with Gasteiger partial charge in [-0.2, -0.15) is 0 Å². The Morgan fingerprint density at radius 3 is 2.36 bits per heavy atom. The van der Waals surface area contributed by atoms with Gasteiger partial charge in [-0.3, -0.25) is 4.79 Å². The molecule has 0 aliphatic carbocycles. The van der Waals surface area contributed by atoms with E-state index in [9.17, 15) is 4.79 Å². The number of aromatic nitrogens is 2. The van der Waals surface area contributed by atoms with E-state index in [0.29, 0.717) is 21.6 Å². The van der Waals surface area contributed by atoms with Crippen molar-refractivity contribution in [3.8, 4) is 0 Å². The third-order valence-electron chi connectivity index (χ3n) is 3.47. The second-order valence-electron chi connectivity index (χ2n) is 5.27. The Balaban J connectivity index is 1.82. The van der Waals surface area contributed by atoms with Crippen LogP contribution in [0.4, 0.5) is 17.2 Å². The molecule has 0 saturated carbocycles. The van der Waals surface area contributed by atoms with Gasteiger partial charge in [-0.25, -0.2) is 9.97 Å². The SMILES string of the molecule is CN(C(=O)c1cc(Nc2cc(Cl)cc(Cl)c2)ncn1)c1ccccc1. The number of hydrogen-bond donors (Lipinski definition) is 1. The molecule has 1 heterocycles. The zero-order valence-electron chi connectivity index (χ0n) is 13.3. The zero-order valence-corrected chi connectivity index (χ0v) is 14.8. The summed E-state index contributed by atoms with van der Waals surface area (Å²) in [6.45, 7) is 0. The first-order chi connectivity index (χ1) is 12.0. The lowest BCUT2D eigenvalue weighted by atomic mass is 10.2. The first-order valence-corrected chi connectivity index (χ1v) is 8.17. The highest BCUT2D eigenvalue weighted by Gasteiger charge is 2.15. The van der Waals surface area contributed by atoms with Crippen molar-refractivity contribution in [1.82, 2.24) is 9.97 Å². The molecule has 3 aromatic rings. The van der Waals surface area contributed by atoms with Crippen LogP contribution in [0, 0.1) is 0 Å². The van der Waals surface area contributed by atoms with Crippen LogP contribution >= 0.6 is 23.2 Å². The molecule has 1 N–H and O–H groups in total. The molecule has 0 aliphatic heterocycles. The normalized spacial score (nSPS) is 10.4. The van der Waals surface area contributed by atoms with E-state index < -0.39 is 0 Å². The van der Waals surface area contributed by atoms with Crippen molar-refractivity contribution in [2.24, 2.45) is 0 Å². The van der Waals surface area contributed by atoms with Gasteiger partial charge in [-0.05, 0) is 30.3 Å². The number of para-hydroxylation sites is 1. The molecule has 0 bridgehead atoms. The molecule has 3 rings (SSSR count). The highest BCUT2D eigenvalue weighted by molar-refractivity contribution is 6.35. The first kappa shape index (κ1) is 17.2. The number of anilines is 3. The maximum absolute atomic E-state index is 12.6. The van der Waals surface area contributed by atoms with E-state index in [1.165, 1.54) is 11.2 Å². The smallest absolute Gasteiger partial charge is 0.276 e. The number of carbonyl (C=O) groups excluding carboxylic acids is 1. The van der Waals surface area contributed by atoms with Crippen molar-refractivity contribution in [1.29, 1.82) is 0 Å². The molecule has 0 spiro atoms. The summed E-state index contributed by atoms with van der Waals surface area (Å²) in [6.07, 6.45) is 1.33. The maximum atomic E-state index is 12.6. The van der Waals surface area contributed by atoms with Crippen molar-refractivity contribution in [2.75, 3.05) is 17.3 Å². The molecule has 0 atom stereocenters. The topological polar surface area (TPSA) is 58.1 Å². The first-order valence-electron chi connectivity index (χ1n) is 7.41. The van der Waals surface area contributed by atoms with Crippen molar-refractivity contribution in [2.45, 2.75) is 0 Å². The summed E-state index contributed by atoms with van der Waals surface area (Å²) < 4.78 is 0. The summed E-state index contributed by atoms with van der Waals surface area (Å²) in [5, 5.41) is 4.08. The van der Waals surface area contributed by atoms with Crippen LogP contribution in [0.3, 0.4) is 0 Å². The molecule has 5 nitrogen and oxygen atoms in total. The van der Waals surface area contributed by atoms with E-state index in [-0.39, 0.29) is 11.6 Å². The van der Waals surface area contributed by atoms with Crippen molar-refractivity contribution in [3.63, 3.8) is 0 Å². The summed E-state index contributed by atoms with van der Waals surface area (Å²) in [6, 6.07) is 16.0. The third-order valence-corrected chi connectivity index (χ3v) is 3.91. The molecule has 0 aliphatic rings. The van der Waals surface area contributed by atoms with Gasteiger partial charge in [0.15, 0.2) is 0 Å². The molecular formula is C18H14Cl2N4O. The number of nitrogens with zero attached hydrogens (tertiary/aromatic N) is 3. The molecule has 7 heteroatoms. The summed E-state index contributed by atoms with van der Waals surface area (Å²) in [5.74, 6) is 0.235. The summed E-state index contributed by atoms with van der Waals surface area (Å²) in [5.41, 5.74) is 1.73. The number of rotatable bonds is 4. The van der Waals surface area contributed by atoms with Gasteiger partial charge in [0.2, 0.25) is 0 Å². The van der Waals surface area contributed by atoms with Gasteiger partial charge in [0, 0.05) is 34.5 Å². The number of benzene rings is 2. The Kier molecular flexibility index (Phi) is 5.16. The maximum Gasteiger partial charge on any atom is 0.276 e. The number of halogens is 2. The van der Waals surface area contributed by atoms with E-state index in [1.807, 2.05) is 30.3 Å². The van der Waals surface area contributed by atoms with E-state index in [4.69, 9.17) is 23.2 Å². The second kappa shape index (κ2) is 7.51. The van der Waals surface area contributed by atoms with Crippen LogP contribution in [-0.2, 0) is 0 Å². The van der Waals surface area contributed by atoms with E-state index >= 15 is 0 Å². The quantitative estimate of drug-likeness (QED) is 0.714. The predicted molar refractivity (Wildman–Crippen MR) is 101 cm³/mol. The summed E-state index contributed by atoms with van der Waals surface area (Å²) in [4.78, 5) is 22.4. The van der Waals surface area contributed by atoms with Crippen LogP contribution in [0.2, 0.25) is 10.0 Å². The molecular weight excluding hydrogens is 359 g/mol. The van der Waals surface area contributed by atoms with Crippen LogP contribution in [0.25, 0.3) is 0 Å². The van der Waals surface area contributed by atoms with Crippen LogP contribution in [0.5, 0.6) is 0 Å². The Morgan fingerprint density at radius 1 is 1.00 bits per heavy atom. The van der Waals surface area contributed by atoms with Crippen LogP contribution < -0.4 is 10.2 Å². The molecule has 126 valence electrons. The van der Waals surface area contributed by atoms with Gasteiger partial charge < -0.3 is 10.2 Å². The van der Waals surface area contributed by atoms with E-state index in [2.05, 4.69) is 15.3 Å². The van der Waals surface area contributed by atoms with Crippen LogP contribution in [-0.4, -0.2) is 22.9 Å². The predicted octanol–water partition coefficient (Wildman–Crippen LogP) is 4.80. The van der Waals surface area contributed by atoms with Gasteiger partial charge in [-0.15, -0.1) is 0 Å². The standard InChI is InChI=1S/C18H14Cl2N4O/c1-24(15-5-3-2-4-6-15)18(25)16-10-17(22-11-21-16)23-14-8-12(19)7-13(20)9-14/h2-11H,1H3,(H,21,22,23). The minimum absolute atomic E-state index is 0.235. The average Bonchev–Trinajstić information content (AvgIpc) is 2.60. The number of amides is 1. The highest BCUT2D eigenvalue weighted by atomic mass is 35.5. The average molecular weight is 373 g/mol. The monoisotopic (exact) mass is 372 g/mol. The van der Waals surface area contributed by atoms with Gasteiger partial charge in [-0.1, -0.05) is 41.4 Å².